The Morgan fingerprint density at radius 3 is 2.80 bits per heavy atom. The molecular formula is C14H15NO4S. The van der Waals surface area contributed by atoms with Crippen molar-refractivity contribution in [2.75, 3.05) is 7.11 Å². The summed E-state index contributed by atoms with van der Waals surface area (Å²) in [6, 6.07) is 5.20. The Kier molecular flexibility index (Phi) is 4.24. The molecule has 0 aromatic carbocycles. The van der Waals surface area contributed by atoms with Crippen molar-refractivity contribution in [3.05, 3.63) is 50.6 Å². The number of hydrogen-bond donors (Lipinski definition) is 0. The van der Waals surface area contributed by atoms with Crippen molar-refractivity contribution >= 4 is 17.3 Å². The zero-order valence-corrected chi connectivity index (χ0v) is 12.3. The van der Waals surface area contributed by atoms with Crippen molar-refractivity contribution in [1.29, 1.82) is 0 Å². The van der Waals surface area contributed by atoms with E-state index in [0.717, 1.165) is 15.2 Å². The number of carbonyl (C=O) groups excluding carboxylic acids is 1. The Balaban J connectivity index is 2.08. The summed E-state index contributed by atoms with van der Waals surface area (Å²) in [6.07, 6.45) is 1.39. The highest BCUT2D eigenvalue weighted by molar-refractivity contribution is 7.14. The molecule has 106 valence electrons. The zero-order chi connectivity index (χ0) is 14.7. The van der Waals surface area contributed by atoms with E-state index in [-0.39, 0.29) is 5.97 Å². The smallest absolute Gasteiger partial charge is 0.348 e. The van der Waals surface area contributed by atoms with Gasteiger partial charge in [0.05, 0.1) is 7.11 Å². The van der Waals surface area contributed by atoms with Crippen LogP contribution in [0.1, 0.15) is 25.8 Å². The van der Waals surface area contributed by atoms with Crippen molar-refractivity contribution in [2.24, 2.45) is 0 Å². The van der Waals surface area contributed by atoms with Crippen molar-refractivity contribution < 1.29 is 19.0 Å². The van der Waals surface area contributed by atoms with Gasteiger partial charge in [-0.05, 0) is 19.1 Å². The number of pyridine rings is 1. The molecule has 20 heavy (non-hydrogen) atoms. The highest BCUT2D eigenvalue weighted by Gasteiger charge is 2.13. The standard InChI is InChI=1S/C14H15NO4S/c1-9-4-5-12(7-15(9)17)19-8-11-6-13(14(16)18-3)20-10(11)2/h4-7H,8H2,1-3H3. The molecule has 0 saturated heterocycles. The van der Waals surface area contributed by atoms with Crippen molar-refractivity contribution in [2.45, 2.75) is 20.5 Å². The Hall–Kier alpha value is -2.08. The van der Waals surface area contributed by atoms with Crippen LogP contribution < -0.4 is 9.47 Å². The van der Waals surface area contributed by atoms with Crippen LogP contribution in [-0.4, -0.2) is 13.1 Å². The highest BCUT2D eigenvalue weighted by Crippen LogP contribution is 2.23. The van der Waals surface area contributed by atoms with Crippen LogP contribution >= 0.6 is 11.3 Å². The van der Waals surface area contributed by atoms with Crippen LogP contribution in [0.5, 0.6) is 5.75 Å². The minimum absolute atomic E-state index is 0.308. The third-order valence-electron chi connectivity index (χ3n) is 2.88. The van der Waals surface area contributed by atoms with Gasteiger partial charge in [0, 0.05) is 23.4 Å². The molecule has 0 N–H and O–H groups in total. The predicted molar refractivity (Wildman–Crippen MR) is 74.9 cm³/mol. The number of nitrogens with zero attached hydrogens (tertiary/aromatic N) is 1. The fraction of sp³-hybridized carbons (Fsp3) is 0.286. The first-order valence-electron chi connectivity index (χ1n) is 6.01. The fourth-order valence-electron chi connectivity index (χ4n) is 1.65. The topological polar surface area (TPSA) is 62.5 Å². The highest BCUT2D eigenvalue weighted by atomic mass is 32.1. The van der Waals surface area contributed by atoms with Gasteiger partial charge in [0.1, 0.15) is 11.5 Å². The van der Waals surface area contributed by atoms with Crippen molar-refractivity contribution in [3.8, 4) is 5.75 Å². The second kappa shape index (κ2) is 5.92. The summed E-state index contributed by atoms with van der Waals surface area (Å²) in [4.78, 5) is 13.0. The quantitative estimate of drug-likeness (QED) is 0.493. The lowest BCUT2D eigenvalue weighted by atomic mass is 10.2. The molecule has 0 amide bonds. The normalized spacial score (nSPS) is 10.3. The third kappa shape index (κ3) is 3.08. The van der Waals surface area contributed by atoms with E-state index in [0.29, 0.717) is 22.9 Å². The number of aromatic nitrogens is 1. The Morgan fingerprint density at radius 2 is 2.15 bits per heavy atom. The van der Waals surface area contributed by atoms with Gasteiger partial charge in [-0.2, -0.15) is 4.73 Å². The number of aryl methyl sites for hydroxylation is 2. The van der Waals surface area contributed by atoms with Crippen LogP contribution in [0, 0.1) is 19.1 Å². The molecule has 0 radical (unpaired) electrons. The molecule has 0 atom stereocenters. The van der Waals surface area contributed by atoms with Gasteiger partial charge in [-0.15, -0.1) is 11.3 Å². The number of ether oxygens (including phenoxy) is 2. The van der Waals surface area contributed by atoms with E-state index >= 15 is 0 Å². The van der Waals surface area contributed by atoms with Crippen molar-refractivity contribution in [1.82, 2.24) is 0 Å². The molecule has 5 nitrogen and oxygen atoms in total. The summed E-state index contributed by atoms with van der Waals surface area (Å²) in [6.45, 7) is 3.95. The van der Waals surface area contributed by atoms with Crippen LogP contribution in [0.25, 0.3) is 0 Å². The molecule has 2 aromatic rings. The van der Waals surface area contributed by atoms with E-state index in [1.165, 1.54) is 24.6 Å². The second-order valence-corrected chi connectivity index (χ2v) is 5.56. The van der Waals surface area contributed by atoms with E-state index in [4.69, 9.17) is 4.74 Å². The third-order valence-corrected chi connectivity index (χ3v) is 3.96. The molecule has 0 saturated carbocycles. The molecule has 0 aliphatic carbocycles. The molecular weight excluding hydrogens is 278 g/mol. The number of hydrogen-bond acceptors (Lipinski definition) is 5. The Bertz CT molecular complexity index is 636. The minimum atomic E-state index is -0.350. The molecule has 0 spiro atoms. The molecule has 0 fully saturated rings. The van der Waals surface area contributed by atoms with Crippen LogP contribution in [-0.2, 0) is 11.3 Å². The lowest BCUT2D eigenvalue weighted by Gasteiger charge is -2.06. The maximum absolute atomic E-state index is 11.4. The molecule has 2 heterocycles. The molecule has 0 aliphatic rings. The van der Waals surface area contributed by atoms with Gasteiger partial charge >= 0.3 is 5.97 Å². The Labute approximate surface area is 121 Å². The summed E-state index contributed by atoms with van der Waals surface area (Å²) < 4.78 is 11.0. The zero-order valence-electron chi connectivity index (χ0n) is 11.5. The predicted octanol–water partition coefficient (Wildman–Crippen LogP) is 2.36. The summed E-state index contributed by atoms with van der Waals surface area (Å²) in [5.41, 5.74) is 1.52. The number of rotatable bonds is 4. The monoisotopic (exact) mass is 293 g/mol. The first-order valence-corrected chi connectivity index (χ1v) is 6.83. The van der Waals surface area contributed by atoms with Crippen LogP contribution in [0.3, 0.4) is 0 Å². The van der Waals surface area contributed by atoms with Gasteiger partial charge in [-0.25, -0.2) is 4.79 Å². The molecule has 0 unspecified atom stereocenters. The summed E-state index contributed by atoms with van der Waals surface area (Å²) >= 11 is 1.37. The summed E-state index contributed by atoms with van der Waals surface area (Å²) in [5, 5.41) is 11.4. The first kappa shape index (κ1) is 14.3. The summed E-state index contributed by atoms with van der Waals surface area (Å²) in [5.74, 6) is 0.146. The lowest BCUT2D eigenvalue weighted by Crippen LogP contribution is -2.29. The Morgan fingerprint density at radius 1 is 1.40 bits per heavy atom. The second-order valence-electron chi connectivity index (χ2n) is 4.30. The SMILES string of the molecule is COC(=O)c1cc(COc2ccc(C)[n+]([O-])c2)c(C)s1. The molecule has 6 heteroatoms. The number of esters is 1. The molecule has 2 rings (SSSR count). The van der Waals surface area contributed by atoms with E-state index < -0.39 is 0 Å². The van der Waals surface area contributed by atoms with Gasteiger partial charge in [-0.3, -0.25) is 0 Å². The number of thiophene rings is 1. The van der Waals surface area contributed by atoms with Crippen LogP contribution in [0.4, 0.5) is 0 Å². The van der Waals surface area contributed by atoms with Gasteiger partial charge in [-0.1, -0.05) is 0 Å². The van der Waals surface area contributed by atoms with Gasteiger partial charge in [0.2, 0.25) is 6.20 Å². The fourth-order valence-corrected chi connectivity index (χ4v) is 2.59. The first-order chi connectivity index (χ1) is 9.51. The maximum atomic E-state index is 11.4. The minimum Gasteiger partial charge on any atom is -0.618 e. The molecule has 2 aromatic heterocycles. The van der Waals surface area contributed by atoms with Crippen molar-refractivity contribution in [3.63, 3.8) is 0 Å². The molecule has 0 aliphatic heterocycles. The van der Waals surface area contributed by atoms with Gasteiger partial charge in [0.15, 0.2) is 11.4 Å². The average Bonchev–Trinajstić information content (AvgIpc) is 2.80. The van der Waals surface area contributed by atoms with Crippen LogP contribution in [0.2, 0.25) is 0 Å². The summed E-state index contributed by atoms with van der Waals surface area (Å²) in [7, 11) is 1.35. The van der Waals surface area contributed by atoms with E-state index in [1.807, 2.05) is 6.92 Å². The van der Waals surface area contributed by atoms with Gasteiger partial charge in [0.25, 0.3) is 0 Å². The van der Waals surface area contributed by atoms with E-state index in [2.05, 4.69) is 4.74 Å². The maximum Gasteiger partial charge on any atom is 0.348 e. The van der Waals surface area contributed by atoms with E-state index in [9.17, 15) is 10.0 Å². The number of carbonyl (C=O) groups is 1. The number of methoxy groups -OCH3 is 1. The van der Waals surface area contributed by atoms with Crippen LogP contribution in [0.15, 0.2) is 24.4 Å². The van der Waals surface area contributed by atoms with Gasteiger partial charge < -0.3 is 14.7 Å². The molecule has 0 bridgehead atoms. The lowest BCUT2D eigenvalue weighted by molar-refractivity contribution is -0.612. The largest absolute Gasteiger partial charge is 0.618 e. The average molecular weight is 293 g/mol. The van der Waals surface area contributed by atoms with E-state index in [1.54, 1.807) is 25.1 Å².